The summed E-state index contributed by atoms with van der Waals surface area (Å²) in [5.74, 6) is -0.821. The number of halogens is 3. The fourth-order valence-electron chi connectivity index (χ4n) is 3.02. The van der Waals surface area contributed by atoms with Crippen LogP contribution in [0.2, 0.25) is 0 Å². The Labute approximate surface area is 177 Å². The molecule has 3 rings (SSSR count). The number of anilines is 2. The smallest absolute Gasteiger partial charge is 0.418 e. The number of nitrogens with one attached hydrogen (secondary N) is 2. The van der Waals surface area contributed by atoms with Gasteiger partial charge >= 0.3 is 6.18 Å². The zero-order chi connectivity index (χ0) is 22.6. The molecule has 0 atom stereocenters. The van der Waals surface area contributed by atoms with Crippen LogP contribution in [-0.4, -0.2) is 11.8 Å². The highest BCUT2D eigenvalue weighted by molar-refractivity contribution is 6.06. The zero-order valence-electron chi connectivity index (χ0n) is 16.9. The highest BCUT2D eigenvalue weighted by atomic mass is 19.4. The third-order valence-corrected chi connectivity index (χ3v) is 4.47. The van der Waals surface area contributed by atoms with Crippen molar-refractivity contribution in [1.82, 2.24) is 0 Å². The first-order chi connectivity index (χ1) is 14.6. The molecule has 1 aromatic heterocycles. The Morgan fingerprint density at radius 3 is 2.19 bits per heavy atom. The normalized spacial score (nSPS) is 11.4. The van der Waals surface area contributed by atoms with E-state index in [1.807, 2.05) is 0 Å². The zero-order valence-corrected chi connectivity index (χ0v) is 16.9. The van der Waals surface area contributed by atoms with Crippen molar-refractivity contribution in [1.29, 1.82) is 0 Å². The van der Waals surface area contributed by atoms with Gasteiger partial charge < -0.3 is 15.1 Å². The number of carbonyl (C=O) groups excluding carboxylic acids is 2. The summed E-state index contributed by atoms with van der Waals surface area (Å²) in [7, 11) is 0. The van der Waals surface area contributed by atoms with Gasteiger partial charge in [-0.15, -0.1) is 0 Å². The number of rotatable bonds is 6. The molecule has 0 aliphatic carbocycles. The molecular formula is C23H21F3N2O3. The van der Waals surface area contributed by atoms with Crippen molar-refractivity contribution in [2.45, 2.75) is 26.4 Å². The van der Waals surface area contributed by atoms with E-state index in [2.05, 4.69) is 24.5 Å². The highest BCUT2D eigenvalue weighted by Gasteiger charge is 2.34. The van der Waals surface area contributed by atoms with Crippen LogP contribution in [-0.2, 0) is 12.6 Å². The summed E-state index contributed by atoms with van der Waals surface area (Å²) in [5, 5.41) is 4.69. The van der Waals surface area contributed by atoms with Crippen LogP contribution in [0.5, 0.6) is 0 Å². The van der Waals surface area contributed by atoms with Gasteiger partial charge in [0.2, 0.25) is 0 Å². The molecule has 0 aliphatic rings. The lowest BCUT2D eigenvalue weighted by molar-refractivity contribution is -0.136. The average Bonchev–Trinajstić information content (AvgIpc) is 3.23. The van der Waals surface area contributed by atoms with Crippen molar-refractivity contribution in [3.8, 4) is 0 Å². The molecule has 3 aromatic rings. The van der Waals surface area contributed by atoms with Crippen molar-refractivity contribution < 1.29 is 27.2 Å². The van der Waals surface area contributed by atoms with E-state index < -0.39 is 29.2 Å². The molecule has 8 heteroatoms. The second-order valence-corrected chi connectivity index (χ2v) is 7.47. The first kappa shape index (κ1) is 22.1. The van der Waals surface area contributed by atoms with Crippen LogP contribution in [0.15, 0.2) is 65.5 Å². The van der Waals surface area contributed by atoms with E-state index in [0.29, 0.717) is 5.92 Å². The summed E-state index contributed by atoms with van der Waals surface area (Å²) in [6, 6.07) is 11.3. The van der Waals surface area contributed by atoms with Crippen molar-refractivity contribution in [2.75, 3.05) is 10.6 Å². The molecule has 1 heterocycles. The summed E-state index contributed by atoms with van der Waals surface area (Å²) in [5.41, 5.74) is -0.0630. The molecule has 5 nitrogen and oxygen atoms in total. The fourth-order valence-corrected chi connectivity index (χ4v) is 3.02. The Morgan fingerprint density at radius 1 is 0.935 bits per heavy atom. The van der Waals surface area contributed by atoms with E-state index in [9.17, 15) is 22.8 Å². The van der Waals surface area contributed by atoms with Gasteiger partial charge in [-0.1, -0.05) is 26.0 Å². The quantitative estimate of drug-likeness (QED) is 0.504. The maximum absolute atomic E-state index is 13.6. The highest BCUT2D eigenvalue weighted by Crippen LogP contribution is 2.37. The molecule has 162 valence electrons. The molecule has 0 radical (unpaired) electrons. The van der Waals surface area contributed by atoms with Crippen LogP contribution >= 0.6 is 0 Å². The molecule has 0 unspecified atom stereocenters. The molecule has 0 saturated heterocycles. The minimum absolute atomic E-state index is 0.0606. The minimum atomic E-state index is -4.74. The summed E-state index contributed by atoms with van der Waals surface area (Å²) in [6.07, 6.45) is -1.43. The standard InChI is InChI=1S/C23H21F3N2O3/c1-14(2)11-15-3-5-16(6-4-15)21(29)28-20-8-7-18(12-19(20)23(24,25)26)27-22(30)17-9-10-31-13-17/h3-10,12-14H,11H2,1-2H3,(H,27,30)(H,28,29). The third kappa shape index (κ3) is 5.75. The number of benzene rings is 2. The van der Waals surface area contributed by atoms with Gasteiger partial charge in [-0.2, -0.15) is 13.2 Å². The molecule has 0 aliphatic heterocycles. The summed E-state index contributed by atoms with van der Waals surface area (Å²) >= 11 is 0. The van der Waals surface area contributed by atoms with Gasteiger partial charge in [0.05, 0.1) is 23.1 Å². The Morgan fingerprint density at radius 2 is 1.61 bits per heavy atom. The summed E-state index contributed by atoms with van der Waals surface area (Å²) in [6.45, 7) is 4.14. The Bertz CT molecular complexity index is 1060. The number of alkyl halides is 3. The van der Waals surface area contributed by atoms with Gasteiger partial charge in [0.25, 0.3) is 11.8 Å². The monoisotopic (exact) mass is 430 g/mol. The molecular weight excluding hydrogens is 409 g/mol. The SMILES string of the molecule is CC(C)Cc1ccc(C(=O)Nc2ccc(NC(=O)c3ccoc3)cc2C(F)(F)F)cc1. The molecule has 31 heavy (non-hydrogen) atoms. The second kappa shape index (κ2) is 9.07. The van der Waals surface area contributed by atoms with Crippen molar-refractivity contribution in [2.24, 2.45) is 5.92 Å². The van der Waals surface area contributed by atoms with Gasteiger partial charge in [0, 0.05) is 11.3 Å². The Hall–Kier alpha value is -3.55. The predicted octanol–water partition coefficient (Wildman–Crippen LogP) is 6.00. The second-order valence-electron chi connectivity index (χ2n) is 7.47. The predicted molar refractivity (Wildman–Crippen MR) is 111 cm³/mol. The van der Waals surface area contributed by atoms with Crippen molar-refractivity contribution >= 4 is 23.2 Å². The van der Waals surface area contributed by atoms with E-state index >= 15 is 0 Å². The first-order valence-electron chi connectivity index (χ1n) is 9.58. The van der Waals surface area contributed by atoms with Gasteiger partial charge in [-0.05, 0) is 54.3 Å². The minimum Gasteiger partial charge on any atom is -0.472 e. The van der Waals surface area contributed by atoms with Crippen LogP contribution in [0.25, 0.3) is 0 Å². The van der Waals surface area contributed by atoms with E-state index in [0.717, 1.165) is 24.1 Å². The molecule has 0 spiro atoms. The number of carbonyl (C=O) groups is 2. The van der Waals surface area contributed by atoms with Crippen molar-refractivity contribution in [3.63, 3.8) is 0 Å². The lowest BCUT2D eigenvalue weighted by Gasteiger charge is -2.16. The molecule has 2 amide bonds. The third-order valence-electron chi connectivity index (χ3n) is 4.47. The van der Waals surface area contributed by atoms with Crippen LogP contribution in [0.3, 0.4) is 0 Å². The number of hydrogen-bond acceptors (Lipinski definition) is 3. The largest absolute Gasteiger partial charge is 0.472 e. The number of hydrogen-bond donors (Lipinski definition) is 2. The number of amides is 2. The van der Waals surface area contributed by atoms with E-state index in [1.165, 1.54) is 24.7 Å². The van der Waals surface area contributed by atoms with Gasteiger partial charge in [-0.25, -0.2) is 0 Å². The summed E-state index contributed by atoms with van der Waals surface area (Å²) in [4.78, 5) is 24.5. The van der Waals surface area contributed by atoms with E-state index in [1.54, 1.807) is 24.3 Å². The lowest BCUT2D eigenvalue weighted by Crippen LogP contribution is -2.18. The molecule has 2 N–H and O–H groups in total. The van der Waals surface area contributed by atoms with Crippen LogP contribution in [0.1, 0.15) is 45.7 Å². The van der Waals surface area contributed by atoms with Crippen LogP contribution < -0.4 is 10.6 Å². The number of furan rings is 1. The Kier molecular flexibility index (Phi) is 6.48. The lowest BCUT2D eigenvalue weighted by atomic mass is 10.0. The molecule has 0 bridgehead atoms. The van der Waals surface area contributed by atoms with Crippen LogP contribution in [0, 0.1) is 5.92 Å². The summed E-state index contributed by atoms with van der Waals surface area (Å²) < 4.78 is 45.6. The van der Waals surface area contributed by atoms with Gasteiger partial charge in [0.1, 0.15) is 6.26 Å². The topological polar surface area (TPSA) is 71.3 Å². The maximum Gasteiger partial charge on any atom is 0.418 e. The first-order valence-corrected chi connectivity index (χ1v) is 9.58. The van der Waals surface area contributed by atoms with Crippen molar-refractivity contribution in [3.05, 3.63) is 83.3 Å². The fraction of sp³-hybridized carbons (Fsp3) is 0.217. The van der Waals surface area contributed by atoms with Crippen LogP contribution in [0.4, 0.5) is 24.5 Å². The van der Waals surface area contributed by atoms with Gasteiger partial charge in [0.15, 0.2) is 0 Å². The maximum atomic E-state index is 13.6. The van der Waals surface area contributed by atoms with Gasteiger partial charge in [-0.3, -0.25) is 9.59 Å². The van der Waals surface area contributed by atoms with E-state index in [4.69, 9.17) is 4.42 Å². The molecule has 0 saturated carbocycles. The molecule has 2 aromatic carbocycles. The molecule has 0 fully saturated rings. The Balaban J connectivity index is 1.80. The average molecular weight is 430 g/mol. The van der Waals surface area contributed by atoms with E-state index in [-0.39, 0.29) is 16.8 Å².